The zero-order valence-electron chi connectivity index (χ0n) is 6.70. The number of nitrogens with one attached hydrogen (secondary N) is 1. The van der Waals surface area contributed by atoms with Gasteiger partial charge in [-0.3, -0.25) is 4.98 Å². The van der Waals surface area contributed by atoms with Gasteiger partial charge in [0.05, 0.1) is 0 Å². The molecule has 0 aromatic carbocycles. The van der Waals surface area contributed by atoms with Crippen molar-refractivity contribution in [1.82, 2.24) is 15.0 Å². The van der Waals surface area contributed by atoms with Gasteiger partial charge in [-0.1, -0.05) is 21.3 Å². The van der Waals surface area contributed by atoms with Gasteiger partial charge in [0.1, 0.15) is 5.52 Å². The molecule has 0 aliphatic carbocycles. The lowest BCUT2D eigenvalue weighted by molar-refractivity contribution is 1.26. The molecule has 2 aromatic rings. The van der Waals surface area contributed by atoms with Gasteiger partial charge in [-0.05, 0) is 6.07 Å². The summed E-state index contributed by atoms with van der Waals surface area (Å²) in [5.74, 6) is 0. The van der Waals surface area contributed by atoms with E-state index < -0.39 is 0 Å². The van der Waals surface area contributed by atoms with Crippen LogP contribution in [0.2, 0.25) is 0 Å². The highest BCUT2D eigenvalue weighted by molar-refractivity contribution is 5.69. The number of aromatic amines is 1. The predicted octanol–water partition coefficient (Wildman–Crippen LogP) is 2.62. The maximum atomic E-state index is 4.05. The van der Waals surface area contributed by atoms with Crippen LogP contribution in [0.25, 0.3) is 11.2 Å². The van der Waals surface area contributed by atoms with Gasteiger partial charge in [0, 0.05) is 18.6 Å². The molecule has 0 amide bonds. The van der Waals surface area contributed by atoms with Crippen molar-refractivity contribution in [3.05, 3.63) is 24.7 Å². The van der Waals surface area contributed by atoms with Gasteiger partial charge in [-0.2, -0.15) is 0 Å². The van der Waals surface area contributed by atoms with E-state index in [1.54, 1.807) is 12.4 Å². The fourth-order valence-corrected chi connectivity index (χ4v) is 0.781. The summed E-state index contributed by atoms with van der Waals surface area (Å²) < 4.78 is 0. The summed E-state index contributed by atoms with van der Waals surface area (Å²) >= 11 is 0. The van der Waals surface area contributed by atoms with Crippen LogP contribution >= 0.6 is 0 Å². The highest BCUT2D eigenvalue weighted by atomic mass is 14.9. The first-order valence-corrected chi connectivity index (χ1v) is 3.71. The van der Waals surface area contributed by atoms with Gasteiger partial charge >= 0.3 is 0 Å². The Bertz CT molecular complexity index is 284. The van der Waals surface area contributed by atoms with Crippen LogP contribution in [0, 0.1) is 0 Å². The van der Waals surface area contributed by atoms with Crippen molar-refractivity contribution >= 4 is 11.2 Å². The molecule has 0 fully saturated rings. The van der Waals surface area contributed by atoms with E-state index in [-0.39, 0.29) is 7.43 Å². The van der Waals surface area contributed by atoms with Crippen LogP contribution in [-0.2, 0) is 0 Å². The maximum absolute atomic E-state index is 4.05. The molecule has 12 heavy (non-hydrogen) atoms. The lowest BCUT2D eigenvalue weighted by Gasteiger charge is -1.81. The molecule has 2 heterocycles. The second-order valence-electron chi connectivity index (χ2n) is 1.77. The topological polar surface area (TPSA) is 41.6 Å². The lowest BCUT2D eigenvalue weighted by atomic mass is 10.5. The molecule has 0 unspecified atom stereocenters. The Morgan fingerprint density at radius 1 is 1.17 bits per heavy atom. The molecule has 2 aromatic heterocycles. The fourth-order valence-electron chi connectivity index (χ4n) is 0.781. The summed E-state index contributed by atoms with van der Waals surface area (Å²) in [4.78, 5) is 11.0. The summed E-state index contributed by atoms with van der Waals surface area (Å²) in [6, 6.07) is 1.89. The molecular weight excluding hydrogens is 150 g/mol. The summed E-state index contributed by atoms with van der Waals surface area (Å²) in [5, 5.41) is 0. The van der Waals surface area contributed by atoms with Crippen LogP contribution in [0.15, 0.2) is 24.7 Å². The summed E-state index contributed by atoms with van der Waals surface area (Å²) in [6.45, 7) is 4.00. The molecule has 3 heteroatoms. The Hall–Kier alpha value is -1.38. The maximum Gasteiger partial charge on any atom is 0.155 e. The average Bonchev–Trinajstić information content (AvgIpc) is 2.55. The molecule has 0 spiro atoms. The zero-order chi connectivity index (χ0) is 8.10. The predicted molar refractivity (Wildman–Crippen MR) is 52.0 cm³/mol. The van der Waals surface area contributed by atoms with Gasteiger partial charge in [-0.15, -0.1) is 0 Å². The largest absolute Gasteiger partial charge is 0.345 e. The SMILES string of the molecule is C.CC.c1cnc2[nH]ccc2n1. The van der Waals surface area contributed by atoms with Crippen LogP contribution in [0.5, 0.6) is 0 Å². The minimum absolute atomic E-state index is 0. The fraction of sp³-hybridized carbons (Fsp3) is 0.333. The Morgan fingerprint density at radius 2 is 1.83 bits per heavy atom. The molecule has 0 radical (unpaired) electrons. The zero-order valence-corrected chi connectivity index (χ0v) is 6.70. The van der Waals surface area contributed by atoms with Crippen molar-refractivity contribution in [3.8, 4) is 0 Å². The monoisotopic (exact) mass is 165 g/mol. The highest BCUT2D eigenvalue weighted by Gasteiger charge is 1.90. The van der Waals surface area contributed by atoms with Crippen LogP contribution in [-0.4, -0.2) is 15.0 Å². The van der Waals surface area contributed by atoms with E-state index in [0.29, 0.717) is 0 Å². The first-order chi connectivity index (χ1) is 5.47. The number of aromatic nitrogens is 3. The van der Waals surface area contributed by atoms with E-state index >= 15 is 0 Å². The van der Waals surface area contributed by atoms with Gasteiger partial charge in [0.2, 0.25) is 0 Å². The first-order valence-electron chi connectivity index (χ1n) is 3.71. The van der Waals surface area contributed by atoms with Crippen LogP contribution in [0.4, 0.5) is 0 Å². The lowest BCUT2D eigenvalue weighted by Crippen LogP contribution is -1.75. The molecule has 0 saturated carbocycles. The van der Waals surface area contributed by atoms with Crippen LogP contribution in [0.3, 0.4) is 0 Å². The number of hydrogen-bond acceptors (Lipinski definition) is 2. The quantitative estimate of drug-likeness (QED) is 0.652. The van der Waals surface area contributed by atoms with E-state index in [0.717, 1.165) is 11.2 Å². The van der Waals surface area contributed by atoms with Crippen molar-refractivity contribution in [2.75, 3.05) is 0 Å². The van der Waals surface area contributed by atoms with Gasteiger partial charge in [0.25, 0.3) is 0 Å². The minimum atomic E-state index is 0. The standard InChI is InChI=1S/C6H5N3.C2H6.CH4/c1-2-8-6-5(1)7-3-4-9-6;1-2;/h1-4H,(H,8,9);1-2H3;1H4. The molecule has 0 aliphatic rings. The Kier molecular flexibility index (Phi) is 4.69. The Labute approximate surface area is 72.9 Å². The highest BCUT2D eigenvalue weighted by Crippen LogP contribution is 2.01. The van der Waals surface area contributed by atoms with Crippen molar-refractivity contribution in [3.63, 3.8) is 0 Å². The number of H-pyrrole nitrogens is 1. The smallest absolute Gasteiger partial charge is 0.155 e. The normalized spacial score (nSPS) is 8.17. The van der Waals surface area contributed by atoms with E-state index in [2.05, 4.69) is 15.0 Å². The van der Waals surface area contributed by atoms with Gasteiger partial charge in [0.15, 0.2) is 5.65 Å². The summed E-state index contributed by atoms with van der Waals surface area (Å²) in [7, 11) is 0. The average molecular weight is 165 g/mol. The Morgan fingerprint density at radius 3 is 2.50 bits per heavy atom. The molecule has 0 saturated heterocycles. The van der Waals surface area contributed by atoms with Crippen molar-refractivity contribution in [1.29, 1.82) is 0 Å². The molecule has 3 nitrogen and oxygen atoms in total. The molecule has 1 N–H and O–H groups in total. The third-order valence-corrected chi connectivity index (χ3v) is 1.19. The van der Waals surface area contributed by atoms with Crippen molar-refractivity contribution in [2.24, 2.45) is 0 Å². The minimum Gasteiger partial charge on any atom is -0.345 e. The number of fused-ring (bicyclic) bond motifs is 1. The third-order valence-electron chi connectivity index (χ3n) is 1.19. The summed E-state index contributed by atoms with van der Waals surface area (Å²) in [5.41, 5.74) is 1.76. The Balaban J connectivity index is 0.000000378. The van der Waals surface area contributed by atoms with Crippen LogP contribution in [0.1, 0.15) is 21.3 Å². The molecule has 0 aliphatic heterocycles. The number of nitrogens with zero attached hydrogens (tertiary/aromatic N) is 2. The molecule has 66 valence electrons. The molecular formula is C9H15N3. The van der Waals surface area contributed by atoms with E-state index in [9.17, 15) is 0 Å². The van der Waals surface area contributed by atoms with E-state index in [4.69, 9.17) is 0 Å². The first kappa shape index (κ1) is 10.6. The van der Waals surface area contributed by atoms with Gasteiger partial charge in [-0.25, -0.2) is 4.98 Å². The molecule has 0 bridgehead atoms. The van der Waals surface area contributed by atoms with Crippen LogP contribution < -0.4 is 0 Å². The van der Waals surface area contributed by atoms with Crippen molar-refractivity contribution < 1.29 is 0 Å². The number of rotatable bonds is 0. The van der Waals surface area contributed by atoms with Crippen molar-refractivity contribution in [2.45, 2.75) is 21.3 Å². The third kappa shape index (κ3) is 2.05. The molecule has 0 atom stereocenters. The van der Waals surface area contributed by atoms with E-state index in [1.807, 2.05) is 26.1 Å². The summed E-state index contributed by atoms with van der Waals surface area (Å²) in [6.07, 6.45) is 5.17. The molecule has 2 rings (SSSR count). The second-order valence-corrected chi connectivity index (χ2v) is 1.77. The number of hydrogen-bond donors (Lipinski definition) is 1. The second kappa shape index (κ2) is 5.29. The van der Waals surface area contributed by atoms with Gasteiger partial charge < -0.3 is 4.98 Å². The van der Waals surface area contributed by atoms with E-state index in [1.165, 1.54) is 0 Å².